The van der Waals surface area contributed by atoms with Gasteiger partial charge in [-0.25, -0.2) is 9.97 Å². The van der Waals surface area contributed by atoms with Gasteiger partial charge in [-0.1, -0.05) is 19.1 Å². The van der Waals surface area contributed by atoms with Gasteiger partial charge in [0.15, 0.2) is 0 Å². The Morgan fingerprint density at radius 3 is 2.52 bits per heavy atom. The number of aryl methyl sites for hydroxylation is 1. The summed E-state index contributed by atoms with van der Waals surface area (Å²) in [6.07, 6.45) is -6.40. The molecule has 1 amide bonds. The summed E-state index contributed by atoms with van der Waals surface area (Å²) < 4.78 is 53.7. The molecule has 0 bridgehead atoms. The topological polar surface area (TPSA) is 64.1 Å². The van der Waals surface area contributed by atoms with Crippen molar-refractivity contribution >= 4 is 11.7 Å². The van der Waals surface area contributed by atoms with Gasteiger partial charge in [0.1, 0.15) is 17.4 Å². The van der Waals surface area contributed by atoms with Crippen molar-refractivity contribution in [1.29, 1.82) is 0 Å². The number of hydrogen-bond acceptors (Lipinski definition) is 4. The molecule has 0 atom stereocenters. The SMILES string of the molecule is CCc1nccc(NC(=O)Cc2ccc(OC(F)(F)C(F)F)cc2)n1. The molecule has 0 saturated carbocycles. The van der Waals surface area contributed by atoms with E-state index in [1.807, 2.05) is 6.92 Å². The largest absolute Gasteiger partial charge is 0.461 e. The van der Waals surface area contributed by atoms with E-state index in [0.29, 0.717) is 23.6 Å². The number of halogens is 4. The molecule has 0 radical (unpaired) electrons. The van der Waals surface area contributed by atoms with Crippen molar-refractivity contribution < 1.29 is 27.1 Å². The normalized spacial score (nSPS) is 11.4. The van der Waals surface area contributed by atoms with Crippen molar-refractivity contribution in [2.45, 2.75) is 32.3 Å². The number of alkyl halides is 4. The van der Waals surface area contributed by atoms with E-state index in [4.69, 9.17) is 0 Å². The highest BCUT2D eigenvalue weighted by Gasteiger charge is 2.43. The Bertz CT molecular complexity index is 724. The molecule has 2 aromatic rings. The van der Waals surface area contributed by atoms with Gasteiger partial charge in [-0.2, -0.15) is 17.6 Å². The van der Waals surface area contributed by atoms with E-state index in [2.05, 4.69) is 20.0 Å². The molecule has 1 N–H and O–H groups in total. The first-order valence-electron chi connectivity index (χ1n) is 7.36. The average Bonchev–Trinajstić information content (AvgIpc) is 2.56. The standard InChI is InChI=1S/C16H15F4N3O2/c1-2-12-21-8-7-13(22-12)23-14(24)9-10-3-5-11(6-4-10)25-16(19,20)15(17)18/h3-8,15H,2,9H2,1H3,(H,21,22,23,24). The zero-order valence-corrected chi connectivity index (χ0v) is 13.2. The summed E-state index contributed by atoms with van der Waals surface area (Å²) in [7, 11) is 0. The Morgan fingerprint density at radius 1 is 1.24 bits per heavy atom. The van der Waals surface area contributed by atoms with Crippen LogP contribution in [-0.4, -0.2) is 28.4 Å². The minimum absolute atomic E-state index is 0.0447. The molecule has 0 unspecified atom stereocenters. The summed E-state index contributed by atoms with van der Waals surface area (Å²) in [6, 6.07) is 6.42. The van der Waals surface area contributed by atoms with Crippen molar-refractivity contribution in [1.82, 2.24) is 9.97 Å². The number of carbonyl (C=O) groups is 1. The summed E-state index contributed by atoms with van der Waals surface area (Å²) in [5.41, 5.74) is 0.495. The molecule has 134 valence electrons. The zero-order valence-electron chi connectivity index (χ0n) is 13.2. The summed E-state index contributed by atoms with van der Waals surface area (Å²) in [5.74, 6) is 0.151. The van der Waals surface area contributed by atoms with Crippen molar-refractivity contribution in [3.8, 4) is 5.75 Å². The van der Waals surface area contributed by atoms with Crippen molar-refractivity contribution in [2.75, 3.05) is 5.32 Å². The number of amides is 1. The molecule has 0 spiro atoms. The Balaban J connectivity index is 1.95. The van der Waals surface area contributed by atoms with Gasteiger partial charge in [0.2, 0.25) is 5.91 Å². The molecule has 0 aliphatic rings. The minimum atomic E-state index is -4.57. The quantitative estimate of drug-likeness (QED) is 0.771. The van der Waals surface area contributed by atoms with Crippen LogP contribution in [0.3, 0.4) is 0 Å². The smallest absolute Gasteiger partial charge is 0.428 e. The van der Waals surface area contributed by atoms with Crippen LogP contribution in [0.1, 0.15) is 18.3 Å². The molecular formula is C16H15F4N3O2. The van der Waals surface area contributed by atoms with Crippen LogP contribution in [0.15, 0.2) is 36.5 Å². The number of ether oxygens (including phenoxy) is 1. The number of nitrogens with zero attached hydrogens (tertiary/aromatic N) is 2. The molecule has 2 rings (SSSR count). The lowest BCUT2D eigenvalue weighted by atomic mass is 10.1. The first-order valence-corrected chi connectivity index (χ1v) is 7.36. The van der Waals surface area contributed by atoms with Gasteiger partial charge in [0.05, 0.1) is 6.42 Å². The fourth-order valence-corrected chi connectivity index (χ4v) is 1.89. The summed E-state index contributed by atoms with van der Waals surface area (Å²) in [4.78, 5) is 20.1. The van der Waals surface area contributed by atoms with Gasteiger partial charge in [-0.05, 0) is 23.8 Å². The van der Waals surface area contributed by atoms with E-state index in [9.17, 15) is 22.4 Å². The van der Waals surface area contributed by atoms with Crippen molar-refractivity contribution in [3.63, 3.8) is 0 Å². The van der Waals surface area contributed by atoms with Gasteiger partial charge in [-0.3, -0.25) is 4.79 Å². The molecular weight excluding hydrogens is 342 g/mol. The highest BCUT2D eigenvalue weighted by Crippen LogP contribution is 2.27. The maximum absolute atomic E-state index is 12.8. The summed E-state index contributed by atoms with van der Waals surface area (Å²) in [5, 5.41) is 2.59. The Morgan fingerprint density at radius 2 is 1.92 bits per heavy atom. The van der Waals surface area contributed by atoms with E-state index < -0.39 is 18.3 Å². The monoisotopic (exact) mass is 357 g/mol. The lowest BCUT2D eigenvalue weighted by Crippen LogP contribution is -2.33. The molecule has 0 aliphatic heterocycles. The Hall–Kier alpha value is -2.71. The van der Waals surface area contributed by atoms with Crippen LogP contribution in [0.5, 0.6) is 5.75 Å². The second-order valence-corrected chi connectivity index (χ2v) is 5.05. The first kappa shape index (κ1) is 18.6. The average molecular weight is 357 g/mol. The van der Waals surface area contributed by atoms with Gasteiger partial charge in [-0.15, -0.1) is 0 Å². The lowest BCUT2D eigenvalue weighted by molar-refractivity contribution is -0.253. The van der Waals surface area contributed by atoms with Crippen LogP contribution in [0.4, 0.5) is 23.4 Å². The number of aromatic nitrogens is 2. The predicted octanol–water partition coefficient (Wildman–Crippen LogP) is 3.46. The number of hydrogen-bond donors (Lipinski definition) is 1. The van der Waals surface area contributed by atoms with Crippen molar-refractivity contribution in [2.24, 2.45) is 0 Å². The number of benzene rings is 1. The molecule has 1 aromatic carbocycles. The van der Waals surface area contributed by atoms with E-state index in [1.54, 1.807) is 6.07 Å². The number of nitrogens with one attached hydrogen (secondary N) is 1. The second kappa shape index (κ2) is 7.91. The molecule has 1 heterocycles. The number of anilines is 1. The van der Waals surface area contributed by atoms with Gasteiger partial charge >= 0.3 is 12.5 Å². The fraction of sp³-hybridized carbons (Fsp3) is 0.312. The highest BCUT2D eigenvalue weighted by molar-refractivity contribution is 5.91. The van der Waals surface area contributed by atoms with Crippen LogP contribution in [0.2, 0.25) is 0 Å². The fourth-order valence-electron chi connectivity index (χ4n) is 1.89. The van der Waals surface area contributed by atoms with Crippen LogP contribution >= 0.6 is 0 Å². The van der Waals surface area contributed by atoms with Gasteiger partial charge in [0.25, 0.3) is 0 Å². The Labute approximate surface area is 141 Å². The minimum Gasteiger partial charge on any atom is -0.428 e. The molecule has 9 heteroatoms. The molecule has 25 heavy (non-hydrogen) atoms. The summed E-state index contributed by atoms with van der Waals surface area (Å²) >= 11 is 0. The van der Waals surface area contributed by atoms with Crippen LogP contribution < -0.4 is 10.1 Å². The van der Waals surface area contributed by atoms with E-state index in [-0.39, 0.29) is 12.3 Å². The Kier molecular flexibility index (Phi) is 5.89. The maximum Gasteiger partial charge on any atom is 0.461 e. The predicted molar refractivity (Wildman–Crippen MR) is 81.8 cm³/mol. The second-order valence-electron chi connectivity index (χ2n) is 5.05. The molecule has 0 fully saturated rings. The van der Waals surface area contributed by atoms with Crippen LogP contribution in [-0.2, 0) is 17.6 Å². The van der Waals surface area contributed by atoms with Crippen LogP contribution in [0, 0.1) is 0 Å². The molecule has 0 aliphatic carbocycles. The van der Waals surface area contributed by atoms with Gasteiger partial charge < -0.3 is 10.1 Å². The number of carbonyl (C=O) groups excluding carboxylic acids is 1. The summed E-state index contributed by atoms with van der Waals surface area (Å²) in [6.45, 7) is 1.88. The lowest BCUT2D eigenvalue weighted by Gasteiger charge is -2.16. The van der Waals surface area contributed by atoms with E-state index >= 15 is 0 Å². The van der Waals surface area contributed by atoms with Crippen molar-refractivity contribution in [3.05, 3.63) is 47.9 Å². The first-order chi connectivity index (χ1) is 11.8. The molecule has 1 aromatic heterocycles. The zero-order chi connectivity index (χ0) is 18.4. The molecule has 5 nitrogen and oxygen atoms in total. The number of rotatable bonds is 7. The highest BCUT2D eigenvalue weighted by atomic mass is 19.3. The van der Waals surface area contributed by atoms with Gasteiger partial charge in [0, 0.05) is 12.6 Å². The van der Waals surface area contributed by atoms with E-state index in [1.165, 1.54) is 18.3 Å². The third-order valence-electron chi connectivity index (χ3n) is 3.09. The maximum atomic E-state index is 12.8. The molecule has 0 saturated heterocycles. The van der Waals surface area contributed by atoms with Crippen LogP contribution in [0.25, 0.3) is 0 Å². The third-order valence-corrected chi connectivity index (χ3v) is 3.09. The van der Waals surface area contributed by atoms with E-state index in [0.717, 1.165) is 12.1 Å². The third kappa shape index (κ3) is 5.40.